The normalized spacial score (nSPS) is 10.8. The molecule has 1 aromatic heterocycles. The molecular formula is C14H26N4O2. The first kappa shape index (κ1) is 16.3. The molecule has 114 valence electrons. The van der Waals surface area contributed by atoms with Crippen LogP contribution in [0.25, 0.3) is 0 Å². The Morgan fingerprint density at radius 3 is 2.40 bits per heavy atom. The molecule has 0 aliphatic carbocycles. The molecule has 1 rings (SSSR count). The van der Waals surface area contributed by atoms with Gasteiger partial charge >= 0.3 is 5.69 Å². The second-order valence-corrected chi connectivity index (χ2v) is 5.05. The topological polar surface area (TPSA) is 82.0 Å². The Morgan fingerprint density at radius 2 is 1.80 bits per heavy atom. The maximum atomic E-state index is 12.1. The number of unbranched alkanes of at least 4 members (excludes halogenated alkanes) is 3. The largest absolute Gasteiger partial charge is 0.383 e. The average molecular weight is 282 g/mol. The van der Waals surface area contributed by atoms with Crippen LogP contribution in [-0.4, -0.2) is 15.7 Å². The van der Waals surface area contributed by atoms with Gasteiger partial charge < -0.3 is 11.1 Å². The summed E-state index contributed by atoms with van der Waals surface area (Å²) in [6, 6.07) is 0. The third kappa shape index (κ3) is 3.65. The Kier molecular flexibility index (Phi) is 6.35. The minimum absolute atomic E-state index is 0.246. The molecule has 6 heteroatoms. The van der Waals surface area contributed by atoms with Crippen molar-refractivity contribution in [3.8, 4) is 0 Å². The van der Waals surface area contributed by atoms with Gasteiger partial charge in [-0.15, -0.1) is 0 Å². The molecule has 0 saturated carbocycles. The van der Waals surface area contributed by atoms with E-state index in [2.05, 4.69) is 12.2 Å². The highest BCUT2D eigenvalue weighted by Crippen LogP contribution is 2.11. The molecule has 0 spiro atoms. The zero-order chi connectivity index (χ0) is 15.1. The summed E-state index contributed by atoms with van der Waals surface area (Å²) in [7, 11) is 1.48. The number of aromatic nitrogens is 2. The van der Waals surface area contributed by atoms with E-state index in [4.69, 9.17) is 5.73 Å². The van der Waals surface area contributed by atoms with Crippen LogP contribution in [0.1, 0.15) is 46.0 Å². The number of nitrogens with one attached hydrogen (secondary N) is 1. The molecule has 1 heterocycles. The minimum Gasteiger partial charge on any atom is -0.383 e. The lowest BCUT2D eigenvalue weighted by Crippen LogP contribution is -2.40. The zero-order valence-corrected chi connectivity index (χ0v) is 12.7. The Balaban J connectivity index is 2.95. The molecule has 0 amide bonds. The van der Waals surface area contributed by atoms with Crippen molar-refractivity contribution in [1.29, 1.82) is 0 Å². The van der Waals surface area contributed by atoms with Gasteiger partial charge in [0.2, 0.25) is 0 Å². The van der Waals surface area contributed by atoms with Crippen molar-refractivity contribution in [3.05, 3.63) is 20.8 Å². The molecule has 0 bridgehead atoms. The van der Waals surface area contributed by atoms with Crippen LogP contribution in [0.3, 0.4) is 0 Å². The molecule has 0 aliphatic rings. The van der Waals surface area contributed by atoms with Crippen molar-refractivity contribution in [2.75, 3.05) is 17.6 Å². The van der Waals surface area contributed by atoms with Crippen LogP contribution < -0.4 is 22.3 Å². The fraction of sp³-hybridized carbons (Fsp3) is 0.714. The third-order valence-corrected chi connectivity index (χ3v) is 3.36. The smallest absolute Gasteiger partial charge is 0.332 e. The van der Waals surface area contributed by atoms with Gasteiger partial charge in [-0.05, 0) is 12.8 Å². The summed E-state index contributed by atoms with van der Waals surface area (Å²) in [6.45, 7) is 5.34. The number of hydrogen-bond acceptors (Lipinski definition) is 4. The summed E-state index contributed by atoms with van der Waals surface area (Å²) in [5, 5.41) is 3.09. The van der Waals surface area contributed by atoms with E-state index in [1.807, 2.05) is 6.92 Å². The average Bonchev–Trinajstić information content (AvgIpc) is 2.44. The molecule has 0 atom stereocenters. The van der Waals surface area contributed by atoms with Gasteiger partial charge in [0.25, 0.3) is 5.56 Å². The Bertz CT molecular complexity index is 545. The van der Waals surface area contributed by atoms with Gasteiger partial charge in [0.15, 0.2) is 0 Å². The van der Waals surface area contributed by atoms with Gasteiger partial charge in [0, 0.05) is 20.1 Å². The Hall–Kier alpha value is -1.72. The SMILES string of the molecule is CCCCCCNc1c(N)n(CCC)c(=O)n(C)c1=O. The van der Waals surface area contributed by atoms with Crippen molar-refractivity contribution >= 4 is 11.5 Å². The summed E-state index contributed by atoms with van der Waals surface area (Å²) < 4.78 is 2.57. The molecule has 0 saturated heterocycles. The van der Waals surface area contributed by atoms with Crippen molar-refractivity contribution < 1.29 is 0 Å². The number of nitrogen functional groups attached to an aromatic ring is 1. The van der Waals surface area contributed by atoms with E-state index < -0.39 is 0 Å². The molecule has 3 N–H and O–H groups in total. The predicted octanol–water partition coefficient (Wildman–Crippen LogP) is 1.53. The standard InChI is InChI=1S/C14H26N4O2/c1-4-6-7-8-9-16-11-12(15)18(10-5-2)14(20)17(3)13(11)19/h16H,4-10,15H2,1-3H3. The molecule has 0 aromatic carbocycles. The van der Waals surface area contributed by atoms with Crippen LogP contribution in [0.2, 0.25) is 0 Å². The van der Waals surface area contributed by atoms with Crippen LogP contribution in [0.5, 0.6) is 0 Å². The fourth-order valence-electron chi connectivity index (χ4n) is 2.15. The third-order valence-electron chi connectivity index (χ3n) is 3.36. The van der Waals surface area contributed by atoms with E-state index in [1.165, 1.54) is 24.5 Å². The Morgan fingerprint density at radius 1 is 1.10 bits per heavy atom. The molecule has 0 aliphatic heterocycles. The minimum atomic E-state index is -0.356. The highest BCUT2D eigenvalue weighted by molar-refractivity contribution is 5.60. The van der Waals surface area contributed by atoms with Crippen molar-refractivity contribution in [1.82, 2.24) is 9.13 Å². The van der Waals surface area contributed by atoms with E-state index in [0.717, 1.165) is 23.8 Å². The summed E-state index contributed by atoms with van der Waals surface area (Å²) in [6.07, 6.45) is 5.26. The molecule has 6 nitrogen and oxygen atoms in total. The van der Waals surface area contributed by atoms with E-state index in [9.17, 15) is 9.59 Å². The quantitative estimate of drug-likeness (QED) is 0.708. The molecule has 0 unspecified atom stereocenters. The zero-order valence-electron chi connectivity index (χ0n) is 12.7. The monoisotopic (exact) mass is 282 g/mol. The molecular weight excluding hydrogens is 256 g/mol. The van der Waals surface area contributed by atoms with Gasteiger partial charge in [-0.3, -0.25) is 13.9 Å². The van der Waals surface area contributed by atoms with Gasteiger partial charge in [0.05, 0.1) is 0 Å². The first-order valence-electron chi connectivity index (χ1n) is 7.37. The number of hydrogen-bond donors (Lipinski definition) is 2. The van der Waals surface area contributed by atoms with Crippen LogP contribution >= 0.6 is 0 Å². The van der Waals surface area contributed by atoms with E-state index in [0.29, 0.717) is 18.8 Å². The highest BCUT2D eigenvalue weighted by atomic mass is 16.2. The first-order valence-corrected chi connectivity index (χ1v) is 7.37. The van der Waals surface area contributed by atoms with Gasteiger partial charge in [-0.1, -0.05) is 33.1 Å². The van der Waals surface area contributed by atoms with Crippen molar-refractivity contribution in [2.24, 2.45) is 7.05 Å². The van der Waals surface area contributed by atoms with E-state index >= 15 is 0 Å². The van der Waals surface area contributed by atoms with E-state index in [-0.39, 0.29) is 17.1 Å². The van der Waals surface area contributed by atoms with Crippen LogP contribution in [0.4, 0.5) is 11.5 Å². The number of nitrogens with two attached hydrogens (primary N) is 1. The van der Waals surface area contributed by atoms with Crippen LogP contribution in [-0.2, 0) is 13.6 Å². The van der Waals surface area contributed by atoms with Crippen molar-refractivity contribution in [3.63, 3.8) is 0 Å². The molecule has 1 aromatic rings. The van der Waals surface area contributed by atoms with Gasteiger partial charge in [-0.2, -0.15) is 0 Å². The van der Waals surface area contributed by atoms with Gasteiger partial charge in [-0.25, -0.2) is 4.79 Å². The number of nitrogens with zero attached hydrogens (tertiary/aromatic N) is 2. The summed E-state index contributed by atoms with van der Waals surface area (Å²) in [5.74, 6) is 0.246. The number of rotatable bonds is 8. The molecule has 0 fully saturated rings. The second-order valence-electron chi connectivity index (χ2n) is 5.05. The lowest BCUT2D eigenvalue weighted by atomic mass is 10.2. The highest BCUT2D eigenvalue weighted by Gasteiger charge is 2.14. The maximum Gasteiger partial charge on any atom is 0.332 e. The van der Waals surface area contributed by atoms with Crippen molar-refractivity contribution in [2.45, 2.75) is 52.5 Å². The van der Waals surface area contributed by atoms with Crippen LogP contribution in [0.15, 0.2) is 9.59 Å². The summed E-state index contributed by atoms with van der Waals surface area (Å²) >= 11 is 0. The maximum absolute atomic E-state index is 12.1. The molecule has 20 heavy (non-hydrogen) atoms. The fourth-order valence-corrected chi connectivity index (χ4v) is 2.15. The first-order chi connectivity index (χ1) is 9.54. The second kappa shape index (κ2) is 7.77. The molecule has 0 radical (unpaired) electrons. The predicted molar refractivity (Wildman–Crippen MR) is 83.3 cm³/mol. The summed E-state index contributed by atoms with van der Waals surface area (Å²) in [4.78, 5) is 24.1. The van der Waals surface area contributed by atoms with Gasteiger partial charge in [0.1, 0.15) is 11.5 Å². The Labute approximate surface area is 119 Å². The van der Waals surface area contributed by atoms with Crippen LogP contribution in [0, 0.1) is 0 Å². The van der Waals surface area contributed by atoms with E-state index in [1.54, 1.807) is 0 Å². The summed E-state index contributed by atoms with van der Waals surface area (Å²) in [5.41, 5.74) is 5.61. The number of anilines is 2. The lowest BCUT2D eigenvalue weighted by Gasteiger charge is -2.15. The lowest BCUT2D eigenvalue weighted by molar-refractivity contribution is 0.599.